The van der Waals surface area contributed by atoms with Crippen LogP contribution in [0.5, 0.6) is 40.2 Å². The van der Waals surface area contributed by atoms with Crippen molar-refractivity contribution >= 4 is 126 Å². The number of rotatable bonds is 15. The van der Waals surface area contributed by atoms with E-state index >= 15 is 0 Å². The molecule has 8 aromatic rings. The first-order chi connectivity index (χ1) is 43.7. The second-order valence-electron chi connectivity index (χ2n) is 19.1. The number of aliphatic hydroxyl groups excluding tert-OH is 1. The number of aldehydes is 3. The van der Waals surface area contributed by atoms with Crippen LogP contribution in [-0.2, 0) is 30.3 Å². The van der Waals surface area contributed by atoms with Crippen LogP contribution in [0, 0.1) is 46.3 Å². The maximum Gasteiger partial charge on any atom is 1.00 e. The number of halogens is 4. The first kappa shape index (κ1) is 93.5. The van der Waals surface area contributed by atoms with Crippen LogP contribution < -0.4 is 163 Å². The zero-order valence-electron chi connectivity index (χ0n) is 54.8. The van der Waals surface area contributed by atoms with Gasteiger partial charge in [-0.05, 0) is 153 Å². The molecule has 8 aromatic carbocycles. The Morgan fingerprint density at radius 1 is 0.526 bits per heavy atom. The Kier molecular flexibility index (Phi) is 45.0. The van der Waals surface area contributed by atoms with Crippen LogP contribution in [0.1, 0.15) is 67.2 Å². The molecule has 493 valence electrons. The van der Waals surface area contributed by atoms with Gasteiger partial charge >= 0.3 is 147 Å². The second kappa shape index (κ2) is 46.7. The number of aliphatic hydroxyl groups is 1. The van der Waals surface area contributed by atoms with Gasteiger partial charge in [-0.15, -0.1) is 12.4 Å². The average molecular weight is 1550 g/mol. The van der Waals surface area contributed by atoms with Crippen LogP contribution in [-0.4, -0.2) is 101 Å². The molecule has 10 rings (SSSR count). The third-order valence-electron chi connectivity index (χ3n) is 12.6. The summed E-state index contributed by atoms with van der Waals surface area (Å²) in [5.41, 5.74) is 2.44. The summed E-state index contributed by atoms with van der Waals surface area (Å²) >= 11 is 6.39. The summed E-state index contributed by atoms with van der Waals surface area (Å²) < 4.78 is 47.4. The molecule has 27 nitrogen and oxygen atoms in total. The fourth-order valence-corrected chi connectivity index (χ4v) is 8.03. The Hall–Kier alpha value is -5.55. The molecule has 37 heteroatoms. The van der Waals surface area contributed by atoms with Gasteiger partial charge in [0.2, 0.25) is 0 Å². The summed E-state index contributed by atoms with van der Waals surface area (Å²) in [6.45, 7) is 7.94. The number of ether oxygens (including phenoxy) is 3. The predicted molar refractivity (Wildman–Crippen MR) is 350 cm³/mol. The number of nitro groups is 4. The molecule has 3 N–H and O–H groups in total. The summed E-state index contributed by atoms with van der Waals surface area (Å²) in [5, 5.41) is 75.6. The van der Waals surface area contributed by atoms with Gasteiger partial charge in [0.15, 0.2) is 12.6 Å². The Morgan fingerprint density at radius 2 is 0.835 bits per heavy atom. The van der Waals surface area contributed by atoms with E-state index in [2.05, 4.69) is 36.7 Å². The number of aromatic hydroxyl groups is 1. The Morgan fingerprint density at radius 3 is 1.19 bits per heavy atom. The number of benzene rings is 8. The first-order valence-electron chi connectivity index (χ1n) is 26.1. The molecular weight excluding hydrogens is 1490 g/mol. The van der Waals surface area contributed by atoms with Crippen molar-refractivity contribution in [2.75, 3.05) is 7.11 Å². The summed E-state index contributed by atoms with van der Waals surface area (Å²) in [5.74, 6) is 2.55. The quantitative estimate of drug-likeness (QED) is 0.0435. The minimum atomic E-state index is -0.876. The van der Waals surface area contributed by atoms with Crippen LogP contribution >= 0.6 is 44.3 Å². The number of nitro benzene ring substituents is 4. The number of carbonyl (C=O) groups excluding carboxylic acids is 4. The van der Waals surface area contributed by atoms with Crippen LogP contribution in [0.3, 0.4) is 0 Å². The van der Waals surface area contributed by atoms with Crippen LogP contribution in [0.2, 0.25) is 0 Å². The molecule has 0 spiro atoms. The van der Waals surface area contributed by atoms with Crippen LogP contribution in [0.4, 0.5) is 27.1 Å². The molecule has 0 bridgehead atoms. The molecule has 0 saturated carbocycles. The van der Waals surface area contributed by atoms with Crippen molar-refractivity contribution in [3.8, 4) is 40.2 Å². The summed E-state index contributed by atoms with van der Waals surface area (Å²) in [4.78, 5) is 83.7. The molecule has 3 radical (unpaired) electrons. The van der Waals surface area contributed by atoms with E-state index in [9.17, 15) is 64.3 Å². The number of phenolic OH excluding ortho intramolecular Hbond substituents is 1. The maximum absolute atomic E-state index is 12.1. The van der Waals surface area contributed by atoms with Gasteiger partial charge in [0.1, 0.15) is 52.3 Å². The van der Waals surface area contributed by atoms with Crippen LogP contribution in [0.15, 0.2) is 179 Å². The van der Waals surface area contributed by atoms with E-state index < -0.39 is 50.9 Å². The van der Waals surface area contributed by atoms with Gasteiger partial charge in [0.05, 0.1) is 37.5 Å². The fourth-order valence-electron chi connectivity index (χ4n) is 7.35. The first-order valence-corrected chi connectivity index (χ1v) is 27.7. The number of phenols is 1. The third-order valence-corrected chi connectivity index (χ3v) is 14.0. The number of non-ortho nitro benzene ring substituents is 4. The number of nitrogens with zero attached hydrogens (tertiary/aromatic N) is 4. The molecule has 0 aliphatic carbocycles. The molecule has 1 fully saturated rings. The Balaban J connectivity index is -0.000000569. The van der Waals surface area contributed by atoms with Gasteiger partial charge in [-0.1, -0.05) is 44.0 Å². The maximum atomic E-state index is 12.1. The predicted octanol–water partition coefficient (Wildman–Crippen LogP) is 2.09. The molecule has 97 heavy (non-hydrogen) atoms. The van der Waals surface area contributed by atoms with Crippen molar-refractivity contribution in [3.63, 3.8) is 0 Å². The van der Waals surface area contributed by atoms with Gasteiger partial charge in [-0.25, -0.2) is 4.39 Å². The van der Waals surface area contributed by atoms with E-state index in [-0.39, 0.29) is 191 Å². The van der Waals surface area contributed by atoms with E-state index in [1.54, 1.807) is 60.7 Å². The molecule has 2 aliphatic heterocycles. The molecule has 0 amide bonds. The number of hydrogen-bond acceptors (Lipinski definition) is 23. The minimum absolute atomic E-state index is 0. The van der Waals surface area contributed by atoms with Gasteiger partial charge in [-0.2, -0.15) is 0 Å². The number of fused-ring (bicyclic) bond motifs is 1. The largest absolute Gasteiger partial charge is 1.00 e. The topological polar surface area (TPSA) is 389 Å². The smallest absolute Gasteiger partial charge is 1.00 e. The van der Waals surface area contributed by atoms with E-state index in [1.807, 2.05) is 27.7 Å². The normalized spacial score (nSPS) is 11.7. The molecule has 0 atom stereocenters. The van der Waals surface area contributed by atoms with Crippen molar-refractivity contribution in [2.45, 2.75) is 45.5 Å². The number of carbonyl (C=O) groups is 4. The van der Waals surface area contributed by atoms with Gasteiger partial charge < -0.3 is 56.4 Å². The second-order valence-corrected chi connectivity index (χ2v) is 20.8. The molecule has 2 heterocycles. The van der Waals surface area contributed by atoms with Crippen LogP contribution in [0.25, 0.3) is 0 Å². The molecule has 0 unspecified atom stereocenters. The van der Waals surface area contributed by atoms with Crippen molar-refractivity contribution in [1.29, 1.82) is 0 Å². The van der Waals surface area contributed by atoms with Gasteiger partial charge in [-0.3, -0.25) is 59.6 Å². The zero-order valence-corrected chi connectivity index (χ0v) is 65.0. The fraction of sp³-hybridized carbons (Fsp3) is 0.133. The van der Waals surface area contributed by atoms with Crippen molar-refractivity contribution in [2.24, 2.45) is 0 Å². The summed E-state index contributed by atoms with van der Waals surface area (Å²) in [7, 11) is -0.526. The van der Waals surface area contributed by atoms with E-state index in [0.29, 0.717) is 84.8 Å². The van der Waals surface area contributed by atoms with E-state index in [1.165, 1.54) is 84.9 Å². The monoisotopic (exact) mass is 1550 g/mol. The Bertz CT molecular complexity index is 3870. The minimum Gasteiger partial charge on any atom is -1.00 e. The van der Waals surface area contributed by atoms with E-state index in [0.717, 1.165) is 48.7 Å². The standard InChI is InChI=1S/C19H20BNO6.C13H10BNO5.C13H8BrNO4.C7H5BrO2.C6H4FNO2.CH2O3.CH4O.B.ClH.2K.Na.2H/c1-18(2)19(3,4)27-20(26-18)17-10-9-16(11-13(17)12-22)25-15-7-5-14(6-8-15)21(23)24;16-14-13-6-5-12(7-9(13)8-19-14)20-11-3-1-10(2-4-11)15(17)18;14-13-6-5-12(7-9(13)8-16)19-11-3-1-10(2-4-11)15(17)18;8-7-2-1-6(10)3-5(7)4-9;7-5-1-3-6(4-2-5)8(9)10;2-1-4-3;1-2;;;;;;;/h5-12H,1-4H3;1-7,16H,8H2;1-8H;1-4,10H;1-4H;1,3H;2H,1H3;;1H;;;;;/q;;;;;;;;;3*+1;2*-1/p-1. The molecule has 2 aliphatic rings. The van der Waals surface area contributed by atoms with Gasteiger partial charge in [0.25, 0.3) is 29.2 Å². The number of hydrogen-bond donors (Lipinski definition) is 3. The van der Waals surface area contributed by atoms with Crippen molar-refractivity contribution in [3.05, 3.63) is 247 Å². The van der Waals surface area contributed by atoms with Crippen molar-refractivity contribution in [1.82, 2.24) is 0 Å². The summed E-state index contributed by atoms with van der Waals surface area (Å²) in [6, 6.07) is 41.4. The summed E-state index contributed by atoms with van der Waals surface area (Å²) in [6.07, 6.45) is 2.12. The zero-order chi connectivity index (χ0) is 68.3. The van der Waals surface area contributed by atoms with Crippen molar-refractivity contribution < 1.29 is 232 Å². The van der Waals surface area contributed by atoms with Gasteiger partial charge in [0, 0.05) is 89.7 Å². The van der Waals surface area contributed by atoms with E-state index in [4.69, 9.17) is 48.4 Å². The molecular formula is C60H55B3Br2ClFK2N4NaO23. The average Bonchev–Trinajstić information content (AvgIpc) is 1.62. The molecule has 0 aromatic heterocycles. The SMILES string of the molecule is CC1(C)OB(c2ccc(Oc3ccc([N+](=O)[O-])cc3)cc2C=O)OC1(C)C.CO.Cl.O=CO[O-].O=Cc1cc(O)ccc1Br.O=Cc1cc(Oc2ccc([N+](=O)[O-])cc2)ccc1Br.O=[N+]([O-])c1ccc(F)cc1.O=[N+]([O-])c1ccc(Oc2ccc3c(c2)COB3O)cc1.[B].[H-].[H-].[K+].[K+].[Na+]. The molecule has 1 saturated heterocycles. The Labute approximate surface area is 689 Å². The third kappa shape index (κ3) is 30.1.